The van der Waals surface area contributed by atoms with E-state index >= 15 is 0 Å². The van der Waals surface area contributed by atoms with Crippen LogP contribution in [0.25, 0.3) is 6.08 Å². The Labute approximate surface area is 177 Å². The third-order valence-corrected chi connectivity index (χ3v) is 8.23. The van der Waals surface area contributed by atoms with Crippen LogP contribution in [-0.4, -0.2) is 24.6 Å². The van der Waals surface area contributed by atoms with E-state index < -0.39 is 0 Å². The van der Waals surface area contributed by atoms with Crippen molar-refractivity contribution in [1.29, 1.82) is 0 Å². The number of nitrogens with zero attached hydrogens (tertiary/aromatic N) is 1. The minimum atomic E-state index is 0.171. The van der Waals surface area contributed by atoms with E-state index in [1.165, 1.54) is 82.0 Å². The van der Waals surface area contributed by atoms with Gasteiger partial charge in [0.15, 0.2) is 0 Å². The Morgan fingerprint density at radius 3 is 2.83 bits per heavy atom. The summed E-state index contributed by atoms with van der Waals surface area (Å²) in [6.45, 7) is 5.50. The van der Waals surface area contributed by atoms with Crippen molar-refractivity contribution in [3.8, 4) is 5.75 Å². The zero-order chi connectivity index (χ0) is 19.7. The van der Waals surface area contributed by atoms with Crippen molar-refractivity contribution in [3.63, 3.8) is 0 Å². The minimum Gasteiger partial charge on any atom is -0.493 e. The number of allylic oxidation sites excluding steroid dienone is 1. The molecule has 5 rings (SSSR count). The van der Waals surface area contributed by atoms with E-state index in [1.807, 2.05) is 0 Å². The first-order chi connectivity index (χ1) is 14.3. The maximum Gasteiger partial charge on any atom is 0.126 e. The van der Waals surface area contributed by atoms with Crippen LogP contribution in [0.4, 0.5) is 0 Å². The van der Waals surface area contributed by atoms with E-state index in [9.17, 15) is 0 Å². The Balaban J connectivity index is 1.44. The SMILES string of the molecule is CCCCOc1cccc2c1C=CC13CCCC21C=CN(CC1CCCCC1)C3. The molecule has 2 nitrogen and oxygen atoms in total. The molecule has 29 heavy (non-hydrogen) atoms. The Bertz CT molecular complexity index is 790. The molecule has 1 aliphatic heterocycles. The van der Waals surface area contributed by atoms with Crippen LogP contribution in [0, 0.1) is 11.3 Å². The van der Waals surface area contributed by atoms with E-state index in [0.29, 0.717) is 0 Å². The first-order valence-electron chi connectivity index (χ1n) is 12.2. The first-order valence-corrected chi connectivity index (χ1v) is 12.2. The lowest BCUT2D eigenvalue weighted by Gasteiger charge is -2.52. The zero-order valence-electron chi connectivity index (χ0n) is 18.2. The number of rotatable bonds is 6. The van der Waals surface area contributed by atoms with Gasteiger partial charge in [-0.1, -0.05) is 69.4 Å². The average molecular weight is 392 g/mol. The fourth-order valence-electron chi connectivity index (χ4n) is 6.68. The molecule has 0 saturated heterocycles. The van der Waals surface area contributed by atoms with Gasteiger partial charge in [-0.15, -0.1) is 0 Å². The summed E-state index contributed by atoms with van der Waals surface area (Å²) in [6.07, 6.45) is 23.4. The highest BCUT2D eigenvalue weighted by Gasteiger charge is 2.57. The van der Waals surface area contributed by atoms with E-state index in [0.717, 1.165) is 24.7 Å². The summed E-state index contributed by atoms with van der Waals surface area (Å²) < 4.78 is 6.20. The van der Waals surface area contributed by atoms with Crippen LogP contribution in [0.15, 0.2) is 36.6 Å². The molecule has 2 heteroatoms. The summed E-state index contributed by atoms with van der Waals surface area (Å²) >= 11 is 0. The number of unbranched alkanes of at least 4 members (excludes halogenated alkanes) is 1. The molecule has 0 bridgehead atoms. The fraction of sp³-hybridized carbons (Fsp3) is 0.630. The summed E-state index contributed by atoms with van der Waals surface area (Å²) in [4.78, 5) is 2.66. The van der Waals surface area contributed by atoms with E-state index in [1.54, 1.807) is 0 Å². The van der Waals surface area contributed by atoms with Gasteiger partial charge in [0.2, 0.25) is 0 Å². The van der Waals surface area contributed by atoms with Gasteiger partial charge in [0, 0.05) is 29.5 Å². The molecule has 2 fully saturated rings. The van der Waals surface area contributed by atoms with E-state index in [-0.39, 0.29) is 10.8 Å². The van der Waals surface area contributed by atoms with Crippen molar-refractivity contribution in [2.45, 2.75) is 76.5 Å². The molecule has 0 radical (unpaired) electrons. The van der Waals surface area contributed by atoms with Gasteiger partial charge >= 0.3 is 0 Å². The zero-order valence-corrected chi connectivity index (χ0v) is 18.2. The van der Waals surface area contributed by atoms with E-state index in [2.05, 4.69) is 54.5 Å². The lowest BCUT2D eigenvalue weighted by Crippen LogP contribution is -2.51. The highest BCUT2D eigenvalue weighted by molar-refractivity contribution is 5.69. The van der Waals surface area contributed by atoms with E-state index in [4.69, 9.17) is 4.74 Å². The molecule has 3 aliphatic carbocycles. The molecule has 1 heterocycles. The van der Waals surface area contributed by atoms with Crippen LogP contribution in [-0.2, 0) is 5.41 Å². The van der Waals surface area contributed by atoms with Crippen LogP contribution in [0.5, 0.6) is 5.75 Å². The lowest BCUT2D eigenvalue weighted by atomic mass is 9.57. The van der Waals surface area contributed by atoms with Crippen molar-refractivity contribution in [2.75, 3.05) is 19.7 Å². The molecule has 0 N–H and O–H groups in total. The molecule has 0 aromatic heterocycles. The van der Waals surface area contributed by atoms with Gasteiger partial charge in [0.1, 0.15) is 5.75 Å². The number of hydrogen-bond acceptors (Lipinski definition) is 2. The van der Waals surface area contributed by atoms with Crippen LogP contribution in [0.3, 0.4) is 0 Å². The normalized spacial score (nSPS) is 30.7. The third kappa shape index (κ3) is 3.23. The van der Waals surface area contributed by atoms with Gasteiger partial charge in [-0.05, 0) is 55.9 Å². The third-order valence-electron chi connectivity index (χ3n) is 8.23. The molecule has 0 amide bonds. The number of benzene rings is 1. The number of hydrogen-bond donors (Lipinski definition) is 0. The van der Waals surface area contributed by atoms with Gasteiger partial charge in [-0.2, -0.15) is 0 Å². The smallest absolute Gasteiger partial charge is 0.126 e. The highest BCUT2D eigenvalue weighted by Crippen LogP contribution is 2.62. The minimum absolute atomic E-state index is 0.171. The van der Waals surface area contributed by atoms with Gasteiger partial charge in [0.05, 0.1) is 6.61 Å². The molecule has 1 aromatic carbocycles. The van der Waals surface area contributed by atoms with Crippen LogP contribution in [0.1, 0.15) is 82.3 Å². The molecule has 1 aromatic rings. The summed E-state index contributed by atoms with van der Waals surface area (Å²) in [5.74, 6) is 1.98. The fourth-order valence-corrected chi connectivity index (χ4v) is 6.68. The molecule has 2 saturated carbocycles. The lowest BCUT2D eigenvalue weighted by molar-refractivity contribution is 0.139. The second kappa shape index (κ2) is 7.85. The summed E-state index contributed by atoms with van der Waals surface area (Å²) in [5.41, 5.74) is 3.29. The topological polar surface area (TPSA) is 12.5 Å². The van der Waals surface area contributed by atoms with Crippen molar-refractivity contribution >= 4 is 6.08 Å². The quantitative estimate of drug-likeness (QED) is 0.500. The van der Waals surface area contributed by atoms with Crippen LogP contribution < -0.4 is 4.74 Å². The van der Waals surface area contributed by atoms with Gasteiger partial charge in [0.25, 0.3) is 0 Å². The number of fused-ring (bicyclic) bond motifs is 1. The standard InChI is InChI=1S/C27H37NO/c1-2-3-19-29-25-12-7-11-24-23(25)13-16-26-14-8-15-27(24,26)17-18-28(21-26)20-22-9-5-4-6-10-22/h7,11-13,16-18,22H,2-6,8-10,14-15,19-21H2,1H3. The number of ether oxygens (including phenoxy) is 1. The van der Waals surface area contributed by atoms with Crippen molar-refractivity contribution in [1.82, 2.24) is 4.90 Å². The van der Waals surface area contributed by atoms with Gasteiger partial charge in [-0.3, -0.25) is 0 Å². The molecule has 156 valence electrons. The molecular weight excluding hydrogens is 354 g/mol. The van der Waals surface area contributed by atoms with Crippen LogP contribution >= 0.6 is 0 Å². The second-order valence-corrected chi connectivity index (χ2v) is 9.98. The Morgan fingerprint density at radius 1 is 1.07 bits per heavy atom. The molecular formula is C27H37NO. The Morgan fingerprint density at radius 2 is 1.97 bits per heavy atom. The highest BCUT2D eigenvalue weighted by atomic mass is 16.5. The average Bonchev–Trinajstić information content (AvgIpc) is 3.15. The van der Waals surface area contributed by atoms with Gasteiger partial charge < -0.3 is 9.64 Å². The van der Waals surface area contributed by atoms with Crippen LogP contribution in [0.2, 0.25) is 0 Å². The second-order valence-electron chi connectivity index (χ2n) is 9.98. The molecule has 2 unspecified atom stereocenters. The summed E-state index contributed by atoms with van der Waals surface area (Å²) in [7, 11) is 0. The molecule has 2 atom stereocenters. The summed E-state index contributed by atoms with van der Waals surface area (Å²) in [5, 5.41) is 0. The summed E-state index contributed by atoms with van der Waals surface area (Å²) in [6, 6.07) is 6.77. The van der Waals surface area contributed by atoms with Crippen molar-refractivity contribution in [2.24, 2.45) is 11.3 Å². The van der Waals surface area contributed by atoms with Crippen molar-refractivity contribution in [3.05, 3.63) is 47.7 Å². The molecule has 0 spiro atoms. The van der Waals surface area contributed by atoms with Crippen molar-refractivity contribution < 1.29 is 4.74 Å². The monoisotopic (exact) mass is 391 g/mol. The maximum absolute atomic E-state index is 6.20. The molecule has 4 aliphatic rings. The maximum atomic E-state index is 6.20. The first kappa shape index (κ1) is 19.3. The predicted molar refractivity (Wildman–Crippen MR) is 121 cm³/mol. The Hall–Kier alpha value is -1.70. The predicted octanol–water partition coefficient (Wildman–Crippen LogP) is 6.71. The largest absolute Gasteiger partial charge is 0.493 e. The Kier molecular flexibility index (Phi) is 5.22. The van der Waals surface area contributed by atoms with Gasteiger partial charge in [-0.25, -0.2) is 0 Å².